The van der Waals surface area contributed by atoms with Crippen LogP contribution in [-0.2, 0) is 4.79 Å². The van der Waals surface area contributed by atoms with E-state index in [4.69, 9.17) is 0 Å². The van der Waals surface area contributed by atoms with Gasteiger partial charge in [0.1, 0.15) is 0 Å². The molecule has 0 bridgehead atoms. The Balaban J connectivity index is 2.42. The third-order valence-electron chi connectivity index (χ3n) is 2.96. The van der Waals surface area contributed by atoms with Crippen molar-refractivity contribution in [1.29, 1.82) is 0 Å². The van der Waals surface area contributed by atoms with Crippen molar-refractivity contribution in [2.24, 2.45) is 5.41 Å². The Hall–Kier alpha value is -0.570. The highest BCUT2D eigenvalue weighted by Crippen LogP contribution is 2.38. The number of allylic oxidation sites excluding steroid dienone is 2. The van der Waals surface area contributed by atoms with E-state index >= 15 is 0 Å². The molecule has 1 N–H and O–H groups in total. The van der Waals surface area contributed by atoms with Gasteiger partial charge in [-0.3, -0.25) is 4.79 Å². The van der Waals surface area contributed by atoms with Gasteiger partial charge in [-0.1, -0.05) is 28.1 Å². The molecule has 0 spiro atoms. The average Bonchev–Trinajstić information content (AvgIpc) is 2.13. The number of carbonyl (C=O) groups excluding carboxylic acids is 1. The first kappa shape index (κ1) is 9.97. The average molecular weight is 256 g/mol. The molecule has 1 atom stereocenters. The number of hydrogen-bond acceptors (Lipinski definition) is 1. The molecule has 2 aliphatic rings. The van der Waals surface area contributed by atoms with Crippen LogP contribution in [0.15, 0.2) is 23.3 Å². The van der Waals surface area contributed by atoms with Gasteiger partial charge in [0.25, 0.3) is 0 Å². The van der Waals surface area contributed by atoms with Gasteiger partial charge in [-0.15, -0.1) is 0 Å². The molecule has 14 heavy (non-hydrogen) atoms. The molecule has 1 unspecified atom stereocenters. The van der Waals surface area contributed by atoms with Crippen LogP contribution in [0.1, 0.15) is 20.3 Å². The summed E-state index contributed by atoms with van der Waals surface area (Å²) in [5.41, 5.74) is 2.09. The zero-order valence-electron chi connectivity index (χ0n) is 8.43. The first-order chi connectivity index (χ1) is 6.51. The Morgan fingerprint density at radius 3 is 3.00 bits per heavy atom. The maximum Gasteiger partial charge on any atom is 0.230 e. The number of halogens is 1. The molecule has 1 aliphatic heterocycles. The summed E-state index contributed by atoms with van der Waals surface area (Å²) in [6.45, 7) is 4.65. The molecule has 1 saturated heterocycles. The van der Waals surface area contributed by atoms with Crippen molar-refractivity contribution in [3.63, 3.8) is 0 Å². The smallest absolute Gasteiger partial charge is 0.230 e. The molecule has 1 fully saturated rings. The van der Waals surface area contributed by atoms with E-state index in [0.29, 0.717) is 11.4 Å². The summed E-state index contributed by atoms with van der Waals surface area (Å²) < 4.78 is 0. The second-order valence-corrected chi connectivity index (χ2v) is 5.55. The van der Waals surface area contributed by atoms with Gasteiger partial charge in [-0.05, 0) is 31.4 Å². The van der Waals surface area contributed by atoms with Gasteiger partial charge in [-0.2, -0.15) is 0 Å². The van der Waals surface area contributed by atoms with Crippen LogP contribution in [0.4, 0.5) is 0 Å². The summed E-state index contributed by atoms with van der Waals surface area (Å²) in [4.78, 5) is 12.1. The van der Waals surface area contributed by atoms with Gasteiger partial charge >= 0.3 is 0 Å². The fourth-order valence-corrected chi connectivity index (χ4v) is 2.47. The normalized spacial score (nSPS) is 29.9. The van der Waals surface area contributed by atoms with Crippen LogP contribution in [0.3, 0.4) is 0 Å². The predicted octanol–water partition coefficient (Wildman–Crippen LogP) is 2.16. The lowest BCUT2D eigenvalue weighted by molar-refractivity contribution is -0.128. The Kier molecular flexibility index (Phi) is 2.30. The van der Waals surface area contributed by atoms with Gasteiger partial charge in [0.2, 0.25) is 5.91 Å². The lowest BCUT2D eigenvalue weighted by Gasteiger charge is -2.36. The van der Waals surface area contributed by atoms with E-state index in [-0.39, 0.29) is 11.3 Å². The van der Waals surface area contributed by atoms with Crippen molar-refractivity contribution < 1.29 is 4.79 Å². The van der Waals surface area contributed by atoms with Crippen molar-refractivity contribution in [3.05, 3.63) is 23.3 Å². The molecule has 1 amide bonds. The first-order valence-electron chi connectivity index (χ1n) is 4.86. The Bertz CT molecular complexity index is 341. The topological polar surface area (TPSA) is 29.1 Å². The van der Waals surface area contributed by atoms with E-state index in [1.165, 1.54) is 11.1 Å². The molecule has 0 saturated carbocycles. The van der Waals surface area contributed by atoms with E-state index in [9.17, 15) is 4.79 Å². The number of carbonyl (C=O) groups is 1. The van der Waals surface area contributed by atoms with Crippen LogP contribution in [0, 0.1) is 5.41 Å². The summed E-state index contributed by atoms with van der Waals surface area (Å²) in [5.74, 6) is 0.127. The Morgan fingerprint density at radius 2 is 2.29 bits per heavy atom. The van der Waals surface area contributed by atoms with E-state index in [2.05, 4.69) is 33.4 Å². The molecule has 1 heterocycles. The quantitative estimate of drug-likeness (QED) is 0.661. The molecule has 0 radical (unpaired) electrons. The first-order valence-corrected chi connectivity index (χ1v) is 5.77. The fourth-order valence-electron chi connectivity index (χ4n) is 2.02. The largest absolute Gasteiger partial charge is 0.351 e. The highest BCUT2D eigenvalue weighted by atomic mass is 79.9. The number of amides is 1. The molecule has 76 valence electrons. The maximum absolute atomic E-state index is 11.7. The third-order valence-corrected chi connectivity index (χ3v) is 3.60. The molecule has 2 rings (SSSR count). The van der Waals surface area contributed by atoms with Crippen molar-refractivity contribution in [2.75, 3.05) is 6.54 Å². The summed E-state index contributed by atoms with van der Waals surface area (Å²) in [5, 5.41) is 2.92. The molecular weight excluding hydrogens is 242 g/mol. The van der Waals surface area contributed by atoms with Gasteiger partial charge in [0.05, 0.1) is 5.41 Å². The molecule has 3 heteroatoms. The fraction of sp³-hybridized carbons (Fsp3) is 0.545. The third kappa shape index (κ3) is 1.44. The summed E-state index contributed by atoms with van der Waals surface area (Å²) >= 11 is 3.57. The molecule has 0 aromatic heterocycles. The zero-order chi connectivity index (χ0) is 10.3. The van der Waals surface area contributed by atoms with E-state index in [1.807, 2.05) is 13.8 Å². The molecule has 0 aromatic carbocycles. The number of nitrogens with one attached hydrogen (secondary N) is 1. The second kappa shape index (κ2) is 3.23. The van der Waals surface area contributed by atoms with Crippen LogP contribution >= 0.6 is 15.9 Å². The van der Waals surface area contributed by atoms with E-state index < -0.39 is 0 Å². The Labute approximate surface area is 92.6 Å². The number of alkyl halides is 1. The zero-order valence-corrected chi connectivity index (χ0v) is 10.0. The van der Waals surface area contributed by atoms with Gasteiger partial charge in [0.15, 0.2) is 0 Å². The predicted molar refractivity (Wildman–Crippen MR) is 60.3 cm³/mol. The number of rotatable bonds is 0. The van der Waals surface area contributed by atoms with Crippen molar-refractivity contribution >= 4 is 21.8 Å². The van der Waals surface area contributed by atoms with Crippen LogP contribution < -0.4 is 5.32 Å². The van der Waals surface area contributed by atoms with Crippen molar-refractivity contribution in [3.8, 4) is 0 Å². The highest BCUT2D eigenvalue weighted by Gasteiger charge is 2.38. The standard InChI is InChI=1S/C11H14BrNO/c1-11(2)9-5-8(12)4-3-7(9)6-13-10(11)14/h3,5,8H,4,6H2,1-2H3,(H,13,14). The number of piperidine rings is 1. The minimum atomic E-state index is -0.378. The van der Waals surface area contributed by atoms with E-state index in [1.54, 1.807) is 0 Å². The molecule has 0 aromatic rings. The lowest BCUT2D eigenvalue weighted by Crippen LogP contribution is -2.45. The lowest BCUT2D eigenvalue weighted by atomic mass is 9.74. The SMILES string of the molecule is CC1(C)C(=O)NCC2=CCC(Br)C=C21. The van der Waals surface area contributed by atoms with Crippen LogP contribution in [0.25, 0.3) is 0 Å². The molecule has 2 nitrogen and oxygen atoms in total. The van der Waals surface area contributed by atoms with Crippen LogP contribution in [0.2, 0.25) is 0 Å². The minimum absolute atomic E-state index is 0.127. The van der Waals surface area contributed by atoms with Crippen LogP contribution in [0.5, 0.6) is 0 Å². The summed E-state index contributed by atoms with van der Waals surface area (Å²) in [6, 6.07) is 0. The van der Waals surface area contributed by atoms with Gasteiger partial charge < -0.3 is 5.32 Å². The van der Waals surface area contributed by atoms with E-state index in [0.717, 1.165) is 6.42 Å². The van der Waals surface area contributed by atoms with Crippen molar-refractivity contribution in [1.82, 2.24) is 5.32 Å². The highest BCUT2D eigenvalue weighted by molar-refractivity contribution is 9.09. The monoisotopic (exact) mass is 255 g/mol. The van der Waals surface area contributed by atoms with Crippen molar-refractivity contribution in [2.45, 2.75) is 25.1 Å². The molecular formula is C11H14BrNO. The van der Waals surface area contributed by atoms with Gasteiger partial charge in [0, 0.05) is 11.4 Å². The number of hydrogen-bond donors (Lipinski definition) is 1. The Morgan fingerprint density at radius 1 is 1.57 bits per heavy atom. The van der Waals surface area contributed by atoms with Crippen LogP contribution in [-0.4, -0.2) is 17.3 Å². The summed E-state index contributed by atoms with van der Waals surface area (Å²) in [6.07, 6.45) is 5.41. The molecule has 1 aliphatic carbocycles. The summed E-state index contributed by atoms with van der Waals surface area (Å²) in [7, 11) is 0. The maximum atomic E-state index is 11.7. The minimum Gasteiger partial charge on any atom is -0.351 e. The second-order valence-electron chi connectivity index (χ2n) is 4.37. The number of fused-ring (bicyclic) bond motifs is 1. The van der Waals surface area contributed by atoms with Gasteiger partial charge in [-0.25, -0.2) is 0 Å².